The number of nitrogens with one attached hydrogen (secondary N) is 2. The average Bonchev–Trinajstić information content (AvgIpc) is 3.33. The summed E-state index contributed by atoms with van der Waals surface area (Å²) in [7, 11) is 0. The van der Waals surface area contributed by atoms with Crippen LogP contribution >= 0.6 is 11.6 Å². The molecular formula is C40H40ClN3O5. The summed E-state index contributed by atoms with van der Waals surface area (Å²) in [4.78, 5) is 47.2. The molecule has 1 saturated heterocycles. The van der Waals surface area contributed by atoms with Crippen molar-refractivity contribution in [3.63, 3.8) is 0 Å². The minimum absolute atomic E-state index is 0.149. The molecule has 1 spiro atoms. The normalized spacial score (nSPS) is 25.9. The molecule has 1 aliphatic carbocycles. The lowest BCUT2D eigenvalue weighted by Gasteiger charge is -2.49. The number of Topliss-reactive ketones (excluding diaryl/α,β-unsaturated/α-hetero) is 1. The molecule has 252 valence electrons. The second-order valence-corrected chi connectivity index (χ2v) is 13.9. The van der Waals surface area contributed by atoms with Gasteiger partial charge in [-0.3, -0.25) is 24.6 Å². The van der Waals surface area contributed by atoms with E-state index < -0.39 is 46.9 Å². The lowest BCUT2D eigenvalue weighted by atomic mass is 9.60. The van der Waals surface area contributed by atoms with E-state index in [4.69, 9.17) is 16.3 Å². The van der Waals surface area contributed by atoms with Crippen LogP contribution in [0.2, 0.25) is 5.02 Å². The topological polar surface area (TPSA) is 108 Å². The highest BCUT2D eigenvalue weighted by Gasteiger charge is 2.80. The number of amides is 2. The SMILES string of the molecule is Cc1ccc2c(c1)C(=O)[C@]1([C@@H](N[C@@H](C)c3ccccc3)O2)[C@@H](C(=O)NC2CCCCC2)N(c2cccc(Cl)c2)C(=O)[C@]1(O)c1ccccc1. The molecule has 2 aliphatic heterocycles. The van der Waals surface area contributed by atoms with Crippen LogP contribution in [0.5, 0.6) is 5.75 Å². The van der Waals surface area contributed by atoms with Crippen LogP contribution in [0.1, 0.15) is 72.1 Å². The molecule has 49 heavy (non-hydrogen) atoms. The maximum atomic E-state index is 15.6. The summed E-state index contributed by atoms with van der Waals surface area (Å²) in [6.07, 6.45) is 3.20. The van der Waals surface area contributed by atoms with E-state index in [1.54, 1.807) is 66.7 Å². The van der Waals surface area contributed by atoms with Gasteiger partial charge in [0.1, 0.15) is 11.8 Å². The second-order valence-electron chi connectivity index (χ2n) is 13.5. The van der Waals surface area contributed by atoms with Crippen molar-refractivity contribution < 1.29 is 24.2 Å². The van der Waals surface area contributed by atoms with E-state index in [0.717, 1.165) is 43.2 Å². The number of carbonyl (C=O) groups excluding carboxylic acids is 3. The highest BCUT2D eigenvalue weighted by Crippen LogP contribution is 2.59. The van der Waals surface area contributed by atoms with Gasteiger partial charge in [-0.15, -0.1) is 0 Å². The maximum absolute atomic E-state index is 15.6. The van der Waals surface area contributed by atoms with Crippen LogP contribution in [-0.2, 0) is 15.2 Å². The Labute approximate surface area is 291 Å². The van der Waals surface area contributed by atoms with Crippen molar-refractivity contribution in [3.8, 4) is 5.75 Å². The number of benzene rings is 4. The van der Waals surface area contributed by atoms with Crippen molar-refractivity contribution in [2.45, 2.75) is 75.9 Å². The van der Waals surface area contributed by atoms with E-state index in [-0.39, 0.29) is 22.9 Å². The van der Waals surface area contributed by atoms with E-state index in [2.05, 4.69) is 10.6 Å². The van der Waals surface area contributed by atoms with Gasteiger partial charge in [0.2, 0.25) is 5.91 Å². The van der Waals surface area contributed by atoms with Crippen LogP contribution in [0.15, 0.2) is 103 Å². The first-order valence-corrected chi connectivity index (χ1v) is 17.3. The smallest absolute Gasteiger partial charge is 0.265 e. The zero-order valence-electron chi connectivity index (χ0n) is 27.6. The van der Waals surface area contributed by atoms with Crippen LogP contribution in [0.25, 0.3) is 0 Å². The van der Waals surface area contributed by atoms with Crippen molar-refractivity contribution in [1.29, 1.82) is 0 Å². The summed E-state index contributed by atoms with van der Waals surface area (Å²) in [5, 5.41) is 20.4. The maximum Gasteiger partial charge on any atom is 0.265 e. The minimum Gasteiger partial charge on any atom is -0.473 e. The molecule has 8 nitrogen and oxygen atoms in total. The minimum atomic E-state index is -2.56. The number of ether oxygens (including phenoxy) is 1. The number of nitrogens with zero attached hydrogens (tertiary/aromatic N) is 1. The van der Waals surface area contributed by atoms with Gasteiger partial charge in [0.25, 0.3) is 5.91 Å². The van der Waals surface area contributed by atoms with Crippen LogP contribution in [0.4, 0.5) is 5.69 Å². The van der Waals surface area contributed by atoms with E-state index in [1.165, 1.54) is 4.90 Å². The van der Waals surface area contributed by atoms with Gasteiger partial charge in [0.15, 0.2) is 23.0 Å². The van der Waals surface area contributed by atoms with Crippen LogP contribution < -0.4 is 20.3 Å². The first kappa shape index (κ1) is 33.0. The Hall–Kier alpha value is -4.50. The highest BCUT2D eigenvalue weighted by atomic mass is 35.5. The first-order valence-electron chi connectivity index (χ1n) is 17.0. The molecule has 5 atom stereocenters. The number of anilines is 1. The Morgan fingerprint density at radius 1 is 0.918 bits per heavy atom. The molecule has 0 unspecified atom stereocenters. The summed E-state index contributed by atoms with van der Waals surface area (Å²) < 4.78 is 6.75. The first-order chi connectivity index (χ1) is 23.7. The second kappa shape index (κ2) is 13.1. The van der Waals surface area contributed by atoms with E-state index in [9.17, 15) is 5.11 Å². The Kier molecular flexibility index (Phi) is 8.82. The fourth-order valence-electron chi connectivity index (χ4n) is 7.99. The molecule has 0 radical (unpaired) electrons. The van der Waals surface area contributed by atoms with Gasteiger partial charge >= 0.3 is 0 Å². The number of hydrogen-bond acceptors (Lipinski definition) is 6. The highest BCUT2D eigenvalue weighted by molar-refractivity contribution is 6.31. The molecule has 2 amide bonds. The molecule has 3 aliphatic rings. The van der Waals surface area contributed by atoms with Gasteiger partial charge in [0.05, 0.1) is 5.56 Å². The molecule has 4 aromatic rings. The predicted octanol–water partition coefficient (Wildman–Crippen LogP) is 6.64. The lowest BCUT2D eigenvalue weighted by Crippen LogP contribution is -2.71. The zero-order valence-corrected chi connectivity index (χ0v) is 28.3. The third kappa shape index (κ3) is 5.43. The molecule has 3 N–H and O–H groups in total. The molecule has 2 heterocycles. The summed E-state index contributed by atoms with van der Waals surface area (Å²) in [6.45, 7) is 3.78. The van der Waals surface area contributed by atoms with Crippen molar-refractivity contribution in [1.82, 2.24) is 10.6 Å². The molecular weight excluding hydrogens is 638 g/mol. The zero-order chi connectivity index (χ0) is 34.3. The van der Waals surface area contributed by atoms with Crippen LogP contribution in [0, 0.1) is 12.3 Å². The van der Waals surface area contributed by atoms with Gasteiger partial charge < -0.3 is 15.2 Å². The average molecular weight is 678 g/mol. The number of hydrogen-bond donors (Lipinski definition) is 3. The summed E-state index contributed by atoms with van der Waals surface area (Å²) in [6, 6.07) is 27.8. The summed E-state index contributed by atoms with van der Waals surface area (Å²) in [5.74, 6) is -1.63. The van der Waals surface area contributed by atoms with Crippen molar-refractivity contribution >= 4 is 34.9 Å². The van der Waals surface area contributed by atoms with Gasteiger partial charge in [-0.05, 0) is 68.1 Å². The molecule has 2 fully saturated rings. The van der Waals surface area contributed by atoms with Gasteiger partial charge in [-0.2, -0.15) is 0 Å². The van der Waals surface area contributed by atoms with E-state index in [0.29, 0.717) is 10.8 Å². The number of carbonyl (C=O) groups is 3. The monoisotopic (exact) mass is 677 g/mol. The van der Waals surface area contributed by atoms with Crippen molar-refractivity contribution in [3.05, 3.63) is 130 Å². The summed E-state index contributed by atoms with van der Waals surface area (Å²) >= 11 is 6.49. The Morgan fingerprint density at radius 3 is 2.31 bits per heavy atom. The lowest BCUT2D eigenvalue weighted by molar-refractivity contribution is -0.157. The molecule has 0 aromatic heterocycles. The number of fused-ring (bicyclic) bond motifs is 1. The van der Waals surface area contributed by atoms with Gasteiger partial charge in [-0.1, -0.05) is 109 Å². The molecule has 7 rings (SSSR count). The fraction of sp³-hybridized carbons (Fsp3) is 0.325. The number of rotatable bonds is 7. The van der Waals surface area contributed by atoms with Crippen LogP contribution in [-0.4, -0.2) is 41.0 Å². The summed E-state index contributed by atoms with van der Waals surface area (Å²) in [5.41, 5.74) is -2.44. The number of halogens is 1. The molecule has 0 bridgehead atoms. The molecule has 9 heteroatoms. The predicted molar refractivity (Wildman–Crippen MR) is 188 cm³/mol. The number of aliphatic hydroxyl groups is 1. The Morgan fingerprint density at radius 2 is 1.61 bits per heavy atom. The Bertz CT molecular complexity index is 1880. The van der Waals surface area contributed by atoms with Crippen LogP contribution in [0.3, 0.4) is 0 Å². The van der Waals surface area contributed by atoms with Crippen molar-refractivity contribution in [2.24, 2.45) is 5.41 Å². The number of ketones is 1. The van der Waals surface area contributed by atoms with Crippen molar-refractivity contribution in [2.75, 3.05) is 4.90 Å². The molecule has 1 saturated carbocycles. The van der Waals surface area contributed by atoms with Gasteiger partial charge in [0, 0.05) is 22.8 Å². The van der Waals surface area contributed by atoms with Gasteiger partial charge in [-0.25, -0.2) is 0 Å². The van der Waals surface area contributed by atoms with E-state index >= 15 is 14.4 Å². The third-order valence-electron chi connectivity index (χ3n) is 10.4. The molecule has 4 aromatic carbocycles. The Balaban J connectivity index is 1.52. The standard InChI is InChI=1S/C40H40ClN3O5/c1-25-21-22-33-32(23-25)35(45)39(37(49-33)42-26(2)27-13-6-3-7-14-27)34(36(46)43-30-18-10-5-11-19-30)44(31-20-12-17-29(41)24-31)38(47)40(39,48)28-15-8-4-9-16-28/h3-4,6-9,12-17,20-24,26,30,34,37,42,48H,5,10-11,18-19H2,1-2H3,(H,43,46)/t26-,34+,37-,39-,40+/m0/s1. The largest absolute Gasteiger partial charge is 0.473 e. The third-order valence-corrected chi connectivity index (χ3v) is 10.6. The fourth-order valence-corrected chi connectivity index (χ4v) is 8.18. The van der Waals surface area contributed by atoms with E-state index in [1.807, 2.05) is 50.2 Å². The number of aryl methyl sites for hydroxylation is 1. The quantitative estimate of drug-likeness (QED) is 0.203.